The average Bonchev–Trinajstić information content (AvgIpc) is 2.26. The minimum atomic E-state index is -4.21. The number of halogens is 5. The van der Waals surface area contributed by atoms with Crippen LogP contribution in [0.15, 0.2) is 0 Å². The molecule has 0 aromatic rings. The van der Waals surface area contributed by atoms with Crippen molar-refractivity contribution in [3.8, 4) is 0 Å². The first kappa shape index (κ1) is 22.0. The third-order valence-corrected chi connectivity index (χ3v) is 3.18. The van der Waals surface area contributed by atoms with Gasteiger partial charge in [0.05, 0.1) is 0 Å². The second-order valence-electron chi connectivity index (χ2n) is 4.82. The first-order valence-electron chi connectivity index (χ1n) is 6.06. The van der Waals surface area contributed by atoms with Crippen LogP contribution in [-0.2, 0) is 4.79 Å². The highest BCUT2D eigenvalue weighted by Crippen LogP contribution is 2.25. The topological polar surface area (TPSA) is 49.6 Å². The lowest BCUT2D eigenvalue weighted by atomic mass is 10.2. The molecule has 2 N–H and O–H groups in total. The van der Waals surface area contributed by atoms with Gasteiger partial charge in [0, 0.05) is 38.6 Å². The Balaban J connectivity index is 0. The molecule has 0 radical (unpaired) electrons. The number of alkyl halides is 3. The maximum atomic E-state index is 12.5. The third kappa shape index (κ3) is 6.47. The predicted molar refractivity (Wildman–Crippen MR) is 76.4 cm³/mol. The molecule has 1 aliphatic heterocycles. The van der Waals surface area contributed by atoms with Gasteiger partial charge in [-0.05, 0) is 13.8 Å². The van der Waals surface area contributed by atoms with Crippen molar-refractivity contribution in [2.24, 2.45) is 5.73 Å². The van der Waals surface area contributed by atoms with Crippen LogP contribution in [0.4, 0.5) is 13.2 Å². The Morgan fingerprint density at radius 2 is 1.60 bits per heavy atom. The zero-order valence-corrected chi connectivity index (χ0v) is 13.2. The van der Waals surface area contributed by atoms with Crippen LogP contribution in [0, 0.1) is 0 Å². The second kappa shape index (κ2) is 8.92. The molecule has 0 bridgehead atoms. The highest BCUT2D eigenvalue weighted by atomic mass is 35.5. The fourth-order valence-corrected chi connectivity index (χ4v) is 1.97. The standard InChI is InChI=1S/C11H20F3N3O.2ClH/c1-8(15)7-10(18)17-5-3-16(4-6-17)9(2)11(12,13)14;;/h8-9H,3-7,15H2,1-2H3;2*1H. The summed E-state index contributed by atoms with van der Waals surface area (Å²) < 4.78 is 37.6. The zero-order chi connectivity index (χ0) is 13.9. The summed E-state index contributed by atoms with van der Waals surface area (Å²) >= 11 is 0. The monoisotopic (exact) mass is 339 g/mol. The second-order valence-corrected chi connectivity index (χ2v) is 4.82. The third-order valence-electron chi connectivity index (χ3n) is 3.18. The molecule has 0 saturated carbocycles. The van der Waals surface area contributed by atoms with Crippen molar-refractivity contribution < 1.29 is 18.0 Å². The number of nitrogens with two attached hydrogens (primary N) is 1. The highest BCUT2D eigenvalue weighted by Gasteiger charge is 2.41. The predicted octanol–water partition coefficient (Wildman–Crippen LogP) is 1.66. The Labute approximate surface area is 129 Å². The molecule has 0 aromatic heterocycles. The smallest absolute Gasteiger partial charge is 0.340 e. The Kier molecular flexibility index (Phi) is 9.83. The summed E-state index contributed by atoms with van der Waals surface area (Å²) in [4.78, 5) is 14.6. The van der Waals surface area contributed by atoms with Crippen LogP contribution in [0.5, 0.6) is 0 Å². The van der Waals surface area contributed by atoms with Crippen LogP contribution in [0.2, 0.25) is 0 Å². The molecule has 9 heteroatoms. The molecule has 0 aromatic carbocycles. The fourth-order valence-electron chi connectivity index (χ4n) is 1.97. The van der Waals surface area contributed by atoms with E-state index in [-0.39, 0.29) is 56.3 Å². The van der Waals surface area contributed by atoms with Crippen molar-refractivity contribution >= 4 is 30.7 Å². The Morgan fingerprint density at radius 3 is 1.95 bits per heavy atom. The molecule has 1 aliphatic rings. The normalized spacial score (nSPS) is 19.6. The molecule has 0 aliphatic carbocycles. The van der Waals surface area contributed by atoms with Crippen LogP contribution in [0.25, 0.3) is 0 Å². The van der Waals surface area contributed by atoms with E-state index in [4.69, 9.17) is 5.73 Å². The van der Waals surface area contributed by atoms with Crippen LogP contribution in [0.3, 0.4) is 0 Å². The molecule has 1 saturated heterocycles. The lowest BCUT2D eigenvalue weighted by molar-refractivity contribution is -0.183. The first-order chi connectivity index (χ1) is 8.21. The van der Waals surface area contributed by atoms with E-state index in [0.717, 1.165) is 6.92 Å². The molecular formula is C11H22Cl2F3N3O. The largest absolute Gasteiger partial charge is 0.403 e. The van der Waals surface area contributed by atoms with Gasteiger partial charge in [-0.3, -0.25) is 9.69 Å². The summed E-state index contributed by atoms with van der Waals surface area (Å²) in [7, 11) is 0. The Bertz CT molecular complexity index is 295. The van der Waals surface area contributed by atoms with E-state index in [1.165, 1.54) is 4.90 Å². The molecule has 1 rings (SSSR count). The van der Waals surface area contributed by atoms with Crippen molar-refractivity contribution in [2.75, 3.05) is 26.2 Å². The number of carbonyl (C=O) groups is 1. The molecule has 2 atom stereocenters. The first-order valence-corrected chi connectivity index (χ1v) is 6.06. The summed E-state index contributed by atoms with van der Waals surface area (Å²) in [6.45, 7) is 4.08. The van der Waals surface area contributed by atoms with E-state index >= 15 is 0 Å². The van der Waals surface area contributed by atoms with Gasteiger partial charge in [0.15, 0.2) is 0 Å². The van der Waals surface area contributed by atoms with Crippen LogP contribution in [-0.4, -0.2) is 60.1 Å². The number of nitrogens with zero attached hydrogens (tertiary/aromatic N) is 2. The summed E-state index contributed by atoms with van der Waals surface area (Å²) in [6.07, 6.45) is -3.97. The van der Waals surface area contributed by atoms with Gasteiger partial charge in [-0.1, -0.05) is 0 Å². The molecule has 1 fully saturated rings. The number of amides is 1. The SMILES string of the molecule is CC(N)CC(=O)N1CCN(C(C)C(F)(F)F)CC1.Cl.Cl. The van der Waals surface area contributed by atoms with E-state index in [0.29, 0.717) is 13.1 Å². The van der Waals surface area contributed by atoms with Gasteiger partial charge in [-0.25, -0.2) is 0 Å². The quantitative estimate of drug-likeness (QED) is 0.850. The summed E-state index contributed by atoms with van der Waals surface area (Å²) in [5.41, 5.74) is 5.53. The molecule has 20 heavy (non-hydrogen) atoms. The lowest BCUT2D eigenvalue weighted by Gasteiger charge is -2.38. The van der Waals surface area contributed by atoms with Crippen molar-refractivity contribution in [1.82, 2.24) is 9.80 Å². The summed E-state index contributed by atoms with van der Waals surface area (Å²) in [5.74, 6) is -0.0793. The van der Waals surface area contributed by atoms with Crippen LogP contribution in [0.1, 0.15) is 20.3 Å². The Morgan fingerprint density at radius 1 is 1.15 bits per heavy atom. The molecule has 0 spiro atoms. The van der Waals surface area contributed by atoms with E-state index in [1.54, 1.807) is 11.8 Å². The van der Waals surface area contributed by atoms with E-state index in [2.05, 4.69) is 0 Å². The number of piperazine rings is 1. The molecular weight excluding hydrogens is 318 g/mol. The van der Waals surface area contributed by atoms with Gasteiger partial charge in [-0.2, -0.15) is 13.2 Å². The minimum Gasteiger partial charge on any atom is -0.340 e. The highest BCUT2D eigenvalue weighted by molar-refractivity contribution is 5.85. The van der Waals surface area contributed by atoms with E-state index < -0.39 is 12.2 Å². The number of rotatable bonds is 3. The van der Waals surface area contributed by atoms with E-state index in [1.807, 2.05) is 0 Å². The van der Waals surface area contributed by atoms with Crippen molar-refractivity contribution in [3.63, 3.8) is 0 Å². The van der Waals surface area contributed by atoms with Crippen LogP contribution < -0.4 is 5.73 Å². The average molecular weight is 340 g/mol. The maximum Gasteiger partial charge on any atom is 0.403 e. The van der Waals surface area contributed by atoms with Crippen LogP contribution >= 0.6 is 24.8 Å². The van der Waals surface area contributed by atoms with Gasteiger partial charge in [0.2, 0.25) is 5.91 Å². The number of hydrogen-bond acceptors (Lipinski definition) is 3. The minimum absolute atomic E-state index is 0. The van der Waals surface area contributed by atoms with Crippen molar-refractivity contribution in [3.05, 3.63) is 0 Å². The molecule has 2 unspecified atom stereocenters. The molecule has 1 amide bonds. The van der Waals surface area contributed by atoms with Gasteiger partial charge in [-0.15, -0.1) is 24.8 Å². The number of hydrogen-bond donors (Lipinski definition) is 1. The van der Waals surface area contributed by atoms with Gasteiger partial charge in [0.1, 0.15) is 6.04 Å². The van der Waals surface area contributed by atoms with Gasteiger partial charge in [0.25, 0.3) is 0 Å². The summed E-state index contributed by atoms with van der Waals surface area (Å²) in [6, 6.07) is -1.67. The number of carbonyl (C=O) groups excluding carboxylic acids is 1. The fraction of sp³-hybridized carbons (Fsp3) is 0.909. The van der Waals surface area contributed by atoms with Crippen molar-refractivity contribution in [1.29, 1.82) is 0 Å². The summed E-state index contributed by atoms with van der Waals surface area (Å²) in [5, 5.41) is 0. The molecule has 122 valence electrons. The van der Waals surface area contributed by atoms with Gasteiger partial charge < -0.3 is 10.6 Å². The molecule has 1 heterocycles. The van der Waals surface area contributed by atoms with Gasteiger partial charge >= 0.3 is 6.18 Å². The Hall–Kier alpha value is -0.240. The maximum absolute atomic E-state index is 12.5. The van der Waals surface area contributed by atoms with Crippen molar-refractivity contribution in [2.45, 2.75) is 38.5 Å². The molecule has 4 nitrogen and oxygen atoms in total. The van der Waals surface area contributed by atoms with E-state index in [9.17, 15) is 18.0 Å². The lowest BCUT2D eigenvalue weighted by Crippen LogP contribution is -2.55. The zero-order valence-electron chi connectivity index (χ0n) is 11.5.